The van der Waals surface area contributed by atoms with Crippen LogP contribution >= 0.6 is 15.9 Å². The van der Waals surface area contributed by atoms with Crippen molar-refractivity contribution in [3.8, 4) is 0 Å². The van der Waals surface area contributed by atoms with Crippen molar-refractivity contribution in [2.45, 2.75) is 18.9 Å². The minimum atomic E-state index is -1.06. The number of benzene rings is 1. The van der Waals surface area contributed by atoms with Gasteiger partial charge in [-0.2, -0.15) is 0 Å². The van der Waals surface area contributed by atoms with Gasteiger partial charge in [0.25, 0.3) is 0 Å². The van der Waals surface area contributed by atoms with E-state index in [0.29, 0.717) is 5.56 Å². The summed E-state index contributed by atoms with van der Waals surface area (Å²) in [4.78, 5) is 29.2. The molecule has 1 aromatic carbocycles. The van der Waals surface area contributed by atoms with Crippen LogP contribution < -0.4 is 0 Å². The molecule has 1 aliphatic heterocycles. The van der Waals surface area contributed by atoms with Gasteiger partial charge in [-0.25, -0.2) is 9.59 Å². The second-order valence-corrected chi connectivity index (χ2v) is 5.85. The summed E-state index contributed by atoms with van der Waals surface area (Å²) in [6, 6.07) is 6.94. The molecule has 0 amide bonds. The van der Waals surface area contributed by atoms with Crippen LogP contribution in [-0.2, 0) is 23.9 Å². The van der Waals surface area contributed by atoms with E-state index >= 15 is 0 Å². The first-order valence-electron chi connectivity index (χ1n) is 7.11. The van der Waals surface area contributed by atoms with Crippen molar-refractivity contribution >= 4 is 33.6 Å². The van der Waals surface area contributed by atoms with Crippen molar-refractivity contribution in [2.75, 3.05) is 13.7 Å². The maximum absolute atomic E-state index is 12.2. The van der Waals surface area contributed by atoms with Gasteiger partial charge < -0.3 is 14.3 Å². The van der Waals surface area contributed by atoms with Crippen molar-refractivity contribution in [1.82, 2.24) is 0 Å². The topological polar surface area (TPSA) is 87.9 Å². The third-order valence-corrected chi connectivity index (χ3v) is 4.04. The first kappa shape index (κ1) is 18.0. The Morgan fingerprint density at radius 1 is 1.38 bits per heavy atom. The van der Waals surface area contributed by atoms with Gasteiger partial charge in [0.05, 0.1) is 24.2 Å². The molecule has 0 aliphatic carbocycles. The minimum Gasteiger partial charge on any atom is -0.466 e. The smallest absolute Gasteiger partial charge is 0.405 e. The average molecular weight is 398 g/mol. The highest BCUT2D eigenvalue weighted by atomic mass is 79.9. The molecule has 0 saturated heterocycles. The third kappa shape index (κ3) is 3.43. The molecule has 0 saturated carbocycles. The highest BCUT2D eigenvalue weighted by molar-refractivity contribution is 9.10. The molecular formula is C16H16BrNO6. The fourth-order valence-electron chi connectivity index (χ4n) is 2.40. The number of carbonyl (C=O) groups is 2. The number of hydrogen-bond acceptors (Lipinski definition) is 6. The quantitative estimate of drug-likeness (QED) is 0.429. The maximum atomic E-state index is 12.2. The number of hydrogen-bond donors (Lipinski definition) is 0. The molecule has 8 heteroatoms. The summed E-state index contributed by atoms with van der Waals surface area (Å²) in [5.41, 5.74) is 0.300. The Kier molecular flexibility index (Phi) is 5.61. The minimum absolute atomic E-state index is 0.0643. The zero-order valence-electron chi connectivity index (χ0n) is 13.2. The molecule has 0 N–H and O–H groups in total. The van der Waals surface area contributed by atoms with E-state index in [0.717, 1.165) is 4.47 Å². The fraction of sp³-hybridized carbons (Fsp3) is 0.312. The number of ether oxygens (including phenoxy) is 2. The lowest BCUT2D eigenvalue weighted by atomic mass is 9.86. The van der Waals surface area contributed by atoms with Crippen molar-refractivity contribution < 1.29 is 28.8 Å². The summed E-state index contributed by atoms with van der Waals surface area (Å²) in [6.07, 6.45) is -1.06. The van der Waals surface area contributed by atoms with Crippen molar-refractivity contribution in [3.63, 3.8) is 0 Å². The van der Waals surface area contributed by atoms with E-state index < -0.39 is 24.0 Å². The summed E-state index contributed by atoms with van der Waals surface area (Å²) in [5, 5.41) is 12.1. The molecule has 2 rings (SSSR count). The second kappa shape index (κ2) is 7.48. The predicted octanol–water partition coefficient (Wildman–Crippen LogP) is 2.09. The number of halogens is 1. The molecule has 128 valence electrons. The lowest BCUT2D eigenvalue weighted by Crippen LogP contribution is -2.31. The molecule has 7 nitrogen and oxygen atoms in total. The van der Waals surface area contributed by atoms with Crippen LogP contribution in [0.25, 0.3) is 0 Å². The molecule has 0 bridgehead atoms. The number of esters is 2. The first-order valence-corrected chi connectivity index (χ1v) is 7.90. The first-order chi connectivity index (χ1) is 11.4. The van der Waals surface area contributed by atoms with Crippen LogP contribution in [0.2, 0.25) is 0 Å². The van der Waals surface area contributed by atoms with Crippen LogP contribution in [0.3, 0.4) is 0 Å². The van der Waals surface area contributed by atoms with E-state index in [1.165, 1.54) is 7.11 Å². The lowest BCUT2D eigenvalue weighted by Gasteiger charge is -2.20. The van der Waals surface area contributed by atoms with Gasteiger partial charge in [-0.05, 0) is 24.6 Å². The molecule has 0 spiro atoms. The van der Waals surface area contributed by atoms with Gasteiger partial charge in [0.1, 0.15) is 12.0 Å². The van der Waals surface area contributed by atoms with E-state index in [1.54, 1.807) is 31.2 Å². The molecule has 1 heterocycles. The molecule has 0 radical (unpaired) electrons. The molecule has 2 atom stereocenters. The third-order valence-electron chi connectivity index (χ3n) is 3.51. The summed E-state index contributed by atoms with van der Waals surface area (Å²) in [5.74, 6) is -2.36. The Hall–Kier alpha value is -2.35. The summed E-state index contributed by atoms with van der Waals surface area (Å²) < 4.78 is 10.4. The van der Waals surface area contributed by atoms with Crippen LogP contribution in [0.4, 0.5) is 0 Å². The number of nitrogens with zero attached hydrogens (tertiary/aromatic N) is 1. The van der Waals surface area contributed by atoms with E-state index in [9.17, 15) is 14.8 Å². The number of carbonyl (C=O) groups excluding carboxylic acids is 2. The highest BCUT2D eigenvalue weighted by Crippen LogP contribution is 2.34. The SMILES string of the molecule is C=C(C(=O)OC)[C@H]1O[N+]([O-])=C(C(=O)OCC)[C@@H]1c1ccc(Br)cc1. The Morgan fingerprint density at radius 3 is 2.54 bits per heavy atom. The summed E-state index contributed by atoms with van der Waals surface area (Å²) in [6.45, 7) is 5.37. The maximum Gasteiger partial charge on any atom is 0.405 e. The molecule has 24 heavy (non-hydrogen) atoms. The van der Waals surface area contributed by atoms with Gasteiger partial charge in [0.15, 0.2) is 0 Å². The van der Waals surface area contributed by atoms with Crippen LogP contribution in [0.1, 0.15) is 18.4 Å². The van der Waals surface area contributed by atoms with Crippen molar-refractivity contribution in [3.05, 3.63) is 51.7 Å². The van der Waals surface area contributed by atoms with E-state index in [4.69, 9.17) is 9.57 Å². The second-order valence-electron chi connectivity index (χ2n) is 4.93. The molecule has 0 aromatic heterocycles. The monoisotopic (exact) mass is 397 g/mol. The average Bonchev–Trinajstić information content (AvgIpc) is 2.91. The van der Waals surface area contributed by atoms with E-state index in [1.807, 2.05) is 0 Å². The van der Waals surface area contributed by atoms with Gasteiger partial charge in [0, 0.05) is 4.47 Å². The standard InChI is InChI=1S/C16H16BrNO6/c1-4-23-16(20)13-12(10-5-7-11(17)8-6-10)14(24-18(13)21)9(2)15(19)22-3/h5-8,12,14H,2,4H2,1,3H3/t12-,14+/m0/s1. The lowest BCUT2D eigenvalue weighted by molar-refractivity contribution is -0.737. The Labute approximate surface area is 147 Å². The van der Waals surface area contributed by atoms with Gasteiger partial charge in [-0.1, -0.05) is 34.6 Å². The fourth-order valence-corrected chi connectivity index (χ4v) is 2.66. The van der Waals surface area contributed by atoms with Crippen LogP contribution in [0.5, 0.6) is 0 Å². The van der Waals surface area contributed by atoms with Gasteiger partial charge in [-0.3, -0.25) is 5.21 Å². The Balaban J connectivity index is 2.48. The van der Waals surface area contributed by atoms with Crippen molar-refractivity contribution in [1.29, 1.82) is 0 Å². The van der Waals surface area contributed by atoms with Crippen LogP contribution in [0, 0.1) is 5.21 Å². The molecule has 0 fully saturated rings. The zero-order chi connectivity index (χ0) is 17.9. The Morgan fingerprint density at radius 2 is 2.00 bits per heavy atom. The molecular weight excluding hydrogens is 382 g/mol. The molecule has 1 aromatic rings. The number of rotatable bonds is 5. The Bertz CT molecular complexity index is 697. The molecule has 1 aliphatic rings. The highest BCUT2D eigenvalue weighted by Gasteiger charge is 2.48. The molecule has 0 unspecified atom stereocenters. The van der Waals surface area contributed by atoms with E-state index in [2.05, 4.69) is 27.2 Å². The zero-order valence-corrected chi connectivity index (χ0v) is 14.7. The summed E-state index contributed by atoms with van der Waals surface area (Å²) >= 11 is 3.32. The van der Waals surface area contributed by atoms with Crippen LogP contribution in [0.15, 0.2) is 40.9 Å². The largest absolute Gasteiger partial charge is 0.466 e. The number of methoxy groups -OCH3 is 1. The van der Waals surface area contributed by atoms with Gasteiger partial charge in [0.2, 0.25) is 0 Å². The van der Waals surface area contributed by atoms with E-state index in [-0.39, 0.29) is 22.8 Å². The summed E-state index contributed by atoms with van der Waals surface area (Å²) in [7, 11) is 1.20. The van der Waals surface area contributed by atoms with Gasteiger partial charge >= 0.3 is 17.7 Å². The van der Waals surface area contributed by atoms with Crippen LogP contribution in [-0.4, -0.2) is 42.4 Å². The normalized spacial score (nSPS) is 19.6. The van der Waals surface area contributed by atoms with Gasteiger partial charge in [-0.15, -0.1) is 0 Å². The predicted molar refractivity (Wildman–Crippen MR) is 88.2 cm³/mol. The van der Waals surface area contributed by atoms with Crippen molar-refractivity contribution in [2.24, 2.45) is 0 Å².